The molecule has 2 aromatic carbocycles. The number of hydrogen-bond acceptors (Lipinski definition) is 2. The second-order valence-corrected chi connectivity index (χ2v) is 4.55. The maximum atomic E-state index is 13.1. The van der Waals surface area contributed by atoms with Gasteiger partial charge in [0.05, 0.1) is 0 Å². The number of nitrogens with one attached hydrogen (secondary N) is 1. The van der Waals surface area contributed by atoms with Crippen LogP contribution in [0.15, 0.2) is 42.5 Å². The van der Waals surface area contributed by atoms with Crippen LogP contribution in [-0.4, -0.2) is 11.7 Å². The third-order valence-electron chi connectivity index (χ3n) is 2.97. The molecule has 0 unspecified atom stereocenters. The summed E-state index contributed by atoms with van der Waals surface area (Å²) >= 11 is 0. The summed E-state index contributed by atoms with van der Waals surface area (Å²) in [5.74, 6) is -0.687. The molecular weight excluding hydrogens is 257 g/mol. The minimum absolute atomic E-state index is 0.0305. The molecule has 0 radical (unpaired) electrons. The van der Waals surface area contributed by atoms with Crippen molar-refractivity contribution in [1.82, 2.24) is 0 Å². The highest BCUT2D eigenvalue weighted by molar-refractivity contribution is 6.04. The van der Waals surface area contributed by atoms with Crippen molar-refractivity contribution in [2.75, 3.05) is 5.32 Å². The second-order valence-electron chi connectivity index (χ2n) is 4.55. The molecule has 0 aliphatic carbocycles. The van der Waals surface area contributed by atoms with E-state index in [2.05, 4.69) is 5.32 Å². The van der Waals surface area contributed by atoms with Crippen LogP contribution in [0.2, 0.25) is 0 Å². The van der Waals surface area contributed by atoms with Crippen LogP contribution in [-0.2, 0) is 0 Å². The van der Waals surface area contributed by atoms with E-state index in [4.69, 9.17) is 0 Å². The van der Waals surface area contributed by atoms with Crippen molar-refractivity contribution in [3.05, 3.63) is 65.0 Å². The van der Waals surface area contributed by atoms with E-state index in [9.17, 15) is 14.0 Å². The number of hydrogen-bond donors (Lipinski definition) is 1. The van der Waals surface area contributed by atoms with Crippen LogP contribution in [0.5, 0.6) is 0 Å². The smallest absolute Gasteiger partial charge is 0.255 e. The van der Waals surface area contributed by atoms with Crippen molar-refractivity contribution in [3.8, 4) is 0 Å². The van der Waals surface area contributed by atoms with Gasteiger partial charge >= 0.3 is 0 Å². The molecule has 2 aromatic rings. The van der Waals surface area contributed by atoms with E-state index in [-0.39, 0.29) is 17.5 Å². The van der Waals surface area contributed by atoms with Gasteiger partial charge in [0.25, 0.3) is 5.91 Å². The van der Waals surface area contributed by atoms with E-state index in [1.807, 2.05) is 0 Å². The molecule has 0 spiro atoms. The second kappa shape index (κ2) is 5.65. The van der Waals surface area contributed by atoms with E-state index >= 15 is 0 Å². The Labute approximate surface area is 116 Å². The summed E-state index contributed by atoms with van der Waals surface area (Å²) in [7, 11) is 0. The number of ketones is 1. The van der Waals surface area contributed by atoms with E-state index < -0.39 is 0 Å². The fraction of sp³-hybridized carbons (Fsp3) is 0.125. The van der Waals surface area contributed by atoms with Gasteiger partial charge in [0, 0.05) is 16.8 Å². The van der Waals surface area contributed by atoms with Gasteiger partial charge in [0.1, 0.15) is 5.82 Å². The summed E-state index contributed by atoms with van der Waals surface area (Å²) in [6.45, 7) is 3.09. The Morgan fingerprint density at radius 3 is 2.15 bits per heavy atom. The number of halogens is 1. The molecule has 0 aliphatic heterocycles. The lowest BCUT2D eigenvalue weighted by molar-refractivity contribution is 0.101. The zero-order chi connectivity index (χ0) is 14.7. The van der Waals surface area contributed by atoms with Crippen molar-refractivity contribution < 1.29 is 14.0 Å². The molecule has 20 heavy (non-hydrogen) atoms. The Morgan fingerprint density at radius 2 is 1.60 bits per heavy atom. The first kappa shape index (κ1) is 13.9. The first-order valence-electron chi connectivity index (χ1n) is 6.16. The number of aryl methyl sites for hydroxylation is 1. The van der Waals surface area contributed by atoms with Crippen molar-refractivity contribution in [3.63, 3.8) is 0 Å². The highest BCUT2D eigenvalue weighted by atomic mass is 19.1. The van der Waals surface area contributed by atoms with Crippen LogP contribution in [0.1, 0.15) is 33.2 Å². The highest BCUT2D eigenvalue weighted by Crippen LogP contribution is 2.14. The van der Waals surface area contributed by atoms with Crippen LogP contribution in [0.25, 0.3) is 0 Å². The van der Waals surface area contributed by atoms with Crippen molar-refractivity contribution in [2.45, 2.75) is 13.8 Å². The Bertz CT molecular complexity index is 663. The average molecular weight is 271 g/mol. The standard InChI is InChI=1S/C16H14FNO2/c1-10-9-13(5-8-15(10)17)16(20)18-14-6-3-12(4-7-14)11(2)19/h3-9H,1-2H3,(H,18,20). The number of Topliss-reactive ketones (excluding diaryl/α,β-unsaturated/α-hetero) is 1. The predicted molar refractivity (Wildman–Crippen MR) is 75.5 cm³/mol. The number of carbonyl (C=O) groups is 2. The number of anilines is 1. The number of amides is 1. The summed E-state index contributed by atoms with van der Waals surface area (Å²) in [6.07, 6.45) is 0. The maximum absolute atomic E-state index is 13.1. The third kappa shape index (κ3) is 3.09. The highest BCUT2D eigenvalue weighted by Gasteiger charge is 2.08. The van der Waals surface area contributed by atoms with Crippen LogP contribution >= 0.6 is 0 Å². The molecular formula is C16H14FNO2. The minimum atomic E-state index is -0.340. The van der Waals surface area contributed by atoms with Gasteiger partial charge in [0.15, 0.2) is 5.78 Å². The first-order chi connectivity index (χ1) is 9.47. The fourth-order valence-corrected chi connectivity index (χ4v) is 1.78. The van der Waals surface area contributed by atoms with E-state index in [1.54, 1.807) is 31.2 Å². The molecule has 0 bridgehead atoms. The number of benzene rings is 2. The van der Waals surface area contributed by atoms with Crippen LogP contribution in [0.4, 0.5) is 10.1 Å². The van der Waals surface area contributed by atoms with Crippen molar-refractivity contribution >= 4 is 17.4 Å². The third-order valence-corrected chi connectivity index (χ3v) is 2.97. The van der Waals surface area contributed by atoms with Crippen LogP contribution in [0, 0.1) is 12.7 Å². The lowest BCUT2D eigenvalue weighted by Crippen LogP contribution is -2.12. The van der Waals surface area contributed by atoms with Crippen LogP contribution < -0.4 is 5.32 Å². The van der Waals surface area contributed by atoms with Gasteiger partial charge in [-0.3, -0.25) is 9.59 Å². The molecule has 102 valence electrons. The Balaban J connectivity index is 2.14. The van der Waals surface area contributed by atoms with Gasteiger partial charge < -0.3 is 5.32 Å². The molecule has 1 amide bonds. The van der Waals surface area contributed by atoms with Gasteiger partial charge in [-0.2, -0.15) is 0 Å². The lowest BCUT2D eigenvalue weighted by atomic mass is 10.1. The van der Waals surface area contributed by atoms with E-state index in [1.165, 1.54) is 25.1 Å². The zero-order valence-corrected chi connectivity index (χ0v) is 11.2. The molecule has 0 saturated carbocycles. The minimum Gasteiger partial charge on any atom is -0.322 e. The number of carbonyl (C=O) groups excluding carboxylic acids is 2. The molecule has 0 atom stereocenters. The average Bonchev–Trinajstić information content (AvgIpc) is 2.42. The lowest BCUT2D eigenvalue weighted by Gasteiger charge is -2.07. The molecule has 0 fully saturated rings. The summed E-state index contributed by atoms with van der Waals surface area (Å²) in [5.41, 5.74) is 1.98. The van der Waals surface area contributed by atoms with Gasteiger partial charge in [-0.15, -0.1) is 0 Å². The van der Waals surface area contributed by atoms with Gasteiger partial charge in [0.2, 0.25) is 0 Å². The van der Waals surface area contributed by atoms with Crippen LogP contribution in [0.3, 0.4) is 0 Å². The molecule has 0 aromatic heterocycles. The molecule has 1 N–H and O–H groups in total. The zero-order valence-electron chi connectivity index (χ0n) is 11.2. The summed E-state index contributed by atoms with van der Waals surface area (Å²) in [4.78, 5) is 23.1. The van der Waals surface area contributed by atoms with E-state index in [0.29, 0.717) is 22.4 Å². The molecule has 3 nitrogen and oxygen atoms in total. The van der Waals surface area contributed by atoms with Crippen molar-refractivity contribution in [2.24, 2.45) is 0 Å². The molecule has 2 rings (SSSR count). The van der Waals surface area contributed by atoms with Crippen molar-refractivity contribution in [1.29, 1.82) is 0 Å². The summed E-state index contributed by atoms with van der Waals surface area (Å²) in [5, 5.41) is 2.70. The Hall–Kier alpha value is -2.49. The van der Waals surface area contributed by atoms with E-state index in [0.717, 1.165) is 0 Å². The number of rotatable bonds is 3. The fourth-order valence-electron chi connectivity index (χ4n) is 1.78. The molecule has 0 saturated heterocycles. The molecule has 0 heterocycles. The summed E-state index contributed by atoms with van der Waals surface area (Å²) in [6, 6.07) is 10.8. The van der Waals surface area contributed by atoms with Gasteiger partial charge in [-0.05, 0) is 61.9 Å². The normalized spacial score (nSPS) is 10.2. The monoisotopic (exact) mass is 271 g/mol. The molecule has 4 heteroatoms. The molecule has 0 aliphatic rings. The summed E-state index contributed by atoms with van der Waals surface area (Å²) < 4.78 is 13.1. The Morgan fingerprint density at radius 1 is 1.00 bits per heavy atom. The Kier molecular flexibility index (Phi) is 3.94. The quantitative estimate of drug-likeness (QED) is 0.867. The predicted octanol–water partition coefficient (Wildman–Crippen LogP) is 3.59. The SMILES string of the molecule is CC(=O)c1ccc(NC(=O)c2ccc(F)c(C)c2)cc1. The van der Waals surface area contributed by atoms with Gasteiger partial charge in [-0.1, -0.05) is 0 Å². The largest absolute Gasteiger partial charge is 0.322 e. The maximum Gasteiger partial charge on any atom is 0.255 e. The first-order valence-corrected chi connectivity index (χ1v) is 6.16. The topological polar surface area (TPSA) is 46.2 Å². The van der Waals surface area contributed by atoms with Gasteiger partial charge in [-0.25, -0.2) is 4.39 Å².